The zero-order valence-electron chi connectivity index (χ0n) is 14.2. The Hall–Kier alpha value is -2.54. The molecule has 0 unspecified atom stereocenters. The third-order valence-corrected chi connectivity index (χ3v) is 3.83. The third-order valence-electron chi connectivity index (χ3n) is 3.54. The molecule has 0 aromatic heterocycles. The summed E-state index contributed by atoms with van der Waals surface area (Å²) in [4.78, 5) is 12.2. The number of carbonyl (C=O) groups is 1. The van der Waals surface area contributed by atoms with E-state index in [2.05, 4.69) is 10.1 Å². The van der Waals surface area contributed by atoms with Crippen molar-refractivity contribution in [2.45, 2.75) is 19.5 Å². The van der Waals surface area contributed by atoms with E-state index >= 15 is 0 Å². The molecule has 8 heteroatoms. The van der Waals surface area contributed by atoms with Crippen molar-refractivity contribution >= 4 is 23.2 Å². The Kier molecular flexibility index (Phi) is 7.03. The number of hydrogen-bond donors (Lipinski definition) is 1. The minimum atomic E-state index is -2.86. The summed E-state index contributed by atoms with van der Waals surface area (Å²) >= 11 is 6.07. The van der Waals surface area contributed by atoms with Gasteiger partial charge in [-0.3, -0.25) is 4.79 Å². The Labute approximate surface area is 154 Å². The van der Waals surface area contributed by atoms with Gasteiger partial charge in [0.05, 0.1) is 24.9 Å². The molecule has 0 radical (unpaired) electrons. The maximum atomic E-state index is 12.2. The van der Waals surface area contributed by atoms with Crippen LogP contribution in [0.1, 0.15) is 12.0 Å². The molecule has 0 saturated heterocycles. The number of aryl methyl sites for hydroxylation is 1. The molecule has 1 N–H and O–H groups in total. The predicted octanol–water partition coefficient (Wildman–Crippen LogP) is 4.53. The third kappa shape index (κ3) is 5.49. The van der Waals surface area contributed by atoms with E-state index in [9.17, 15) is 13.6 Å². The second-order valence-corrected chi connectivity index (χ2v) is 5.66. The van der Waals surface area contributed by atoms with E-state index in [1.54, 1.807) is 24.3 Å². The van der Waals surface area contributed by atoms with Crippen LogP contribution in [0.25, 0.3) is 0 Å². The van der Waals surface area contributed by atoms with Crippen molar-refractivity contribution in [2.75, 3.05) is 19.5 Å². The first-order chi connectivity index (χ1) is 12.4. The van der Waals surface area contributed by atoms with Crippen LogP contribution in [0.5, 0.6) is 17.2 Å². The Morgan fingerprint density at radius 1 is 1.12 bits per heavy atom. The van der Waals surface area contributed by atoms with Gasteiger partial charge in [0.2, 0.25) is 5.91 Å². The number of halogens is 3. The van der Waals surface area contributed by atoms with Crippen LogP contribution in [0, 0.1) is 0 Å². The van der Waals surface area contributed by atoms with Crippen LogP contribution in [0.2, 0.25) is 5.02 Å². The van der Waals surface area contributed by atoms with Crippen molar-refractivity contribution in [2.24, 2.45) is 0 Å². The highest BCUT2D eigenvalue weighted by Crippen LogP contribution is 2.35. The van der Waals surface area contributed by atoms with Crippen LogP contribution in [-0.4, -0.2) is 26.7 Å². The average Bonchev–Trinajstić information content (AvgIpc) is 2.61. The number of nitrogens with one attached hydrogen (secondary N) is 1. The van der Waals surface area contributed by atoms with E-state index < -0.39 is 6.61 Å². The van der Waals surface area contributed by atoms with Crippen molar-refractivity contribution < 1.29 is 27.8 Å². The van der Waals surface area contributed by atoms with Crippen LogP contribution in [0.4, 0.5) is 14.5 Å². The highest BCUT2D eigenvalue weighted by atomic mass is 35.5. The highest BCUT2D eigenvalue weighted by molar-refractivity contribution is 6.32. The maximum Gasteiger partial charge on any atom is 0.387 e. The lowest BCUT2D eigenvalue weighted by Gasteiger charge is -2.13. The average molecular weight is 386 g/mol. The molecule has 1 amide bonds. The Morgan fingerprint density at radius 2 is 1.77 bits per heavy atom. The van der Waals surface area contributed by atoms with Gasteiger partial charge >= 0.3 is 6.61 Å². The van der Waals surface area contributed by atoms with Crippen LogP contribution >= 0.6 is 11.6 Å². The molecular weight excluding hydrogens is 368 g/mol. The lowest BCUT2D eigenvalue weighted by molar-refractivity contribution is -0.116. The fourth-order valence-corrected chi connectivity index (χ4v) is 2.51. The Balaban J connectivity index is 1.95. The van der Waals surface area contributed by atoms with E-state index in [1.165, 1.54) is 26.4 Å². The number of rotatable bonds is 8. The van der Waals surface area contributed by atoms with Gasteiger partial charge in [0.1, 0.15) is 17.2 Å². The summed E-state index contributed by atoms with van der Waals surface area (Å²) in [7, 11) is 2.96. The minimum absolute atomic E-state index is 0.0748. The van der Waals surface area contributed by atoms with Crippen molar-refractivity contribution in [3.8, 4) is 17.2 Å². The Morgan fingerprint density at radius 3 is 2.35 bits per heavy atom. The number of ether oxygens (including phenoxy) is 3. The SMILES string of the molecule is COc1cc(OC)c(NC(=O)CCc2ccc(OC(F)F)cc2)cc1Cl. The first-order valence-electron chi connectivity index (χ1n) is 7.68. The molecule has 0 saturated carbocycles. The fraction of sp³-hybridized carbons (Fsp3) is 0.278. The summed E-state index contributed by atoms with van der Waals surface area (Å²) in [6, 6.07) is 9.27. The lowest BCUT2D eigenvalue weighted by atomic mass is 10.1. The van der Waals surface area contributed by atoms with Gasteiger partial charge in [-0.1, -0.05) is 23.7 Å². The van der Waals surface area contributed by atoms with Crippen molar-refractivity contribution in [1.82, 2.24) is 0 Å². The number of hydrogen-bond acceptors (Lipinski definition) is 4. The van der Waals surface area contributed by atoms with Crippen LogP contribution in [0.3, 0.4) is 0 Å². The number of anilines is 1. The minimum Gasteiger partial charge on any atom is -0.495 e. The summed E-state index contributed by atoms with van der Waals surface area (Å²) in [6.45, 7) is -2.86. The fourth-order valence-electron chi connectivity index (χ4n) is 2.27. The maximum absolute atomic E-state index is 12.2. The molecule has 2 rings (SSSR count). The summed E-state index contributed by atoms with van der Waals surface area (Å²) in [5.41, 5.74) is 1.26. The molecule has 26 heavy (non-hydrogen) atoms. The zero-order chi connectivity index (χ0) is 19.1. The zero-order valence-corrected chi connectivity index (χ0v) is 15.0. The second kappa shape index (κ2) is 9.24. The van der Waals surface area contributed by atoms with Gasteiger partial charge in [0.25, 0.3) is 0 Å². The van der Waals surface area contributed by atoms with E-state index in [1.807, 2.05) is 0 Å². The summed E-state index contributed by atoms with van der Waals surface area (Å²) < 4.78 is 38.8. The van der Waals surface area contributed by atoms with Gasteiger partial charge in [-0.05, 0) is 30.2 Å². The van der Waals surface area contributed by atoms with Gasteiger partial charge < -0.3 is 19.5 Å². The van der Waals surface area contributed by atoms with Gasteiger partial charge in [0.15, 0.2) is 0 Å². The summed E-state index contributed by atoms with van der Waals surface area (Å²) in [5.74, 6) is 0.698. The number of amides is 1. The van der Waals surface area contributed by atoms with Gasteiger partial charge in [-0.15, -0.1) is 0 Å². The second-order valence-electron chi connectivity index (χ2n) is 5.26. The molecule has 5 nitrogen and oxygen atoms in total. The van der Waals surface area contributed by atoms with E-state index in [0.717, 1.165) is 5.56 Å². The number of alkyl halides is 2. The molecule has 2 aromatic carbocycles. The Bertz CT molecular complexity index is 754. The molecule has 0 aliphatic heterocycles. The smallest absolute Gasteiger partial charge is 0.387 e. The molecule has 0 aliphatic rings. The van der Waals surface area contributed by atoms with Crippen molar-refractivity contribution in [1.29, 1.82) is 0 Å². The molecule has 0 bridgehead atoms. The highest BCUT2D eigenvalue weighted by Gasteiger charge is 2.13. The molecule has 0 fully saturated rings. The van der Waals surface area contributed by atoms with E-state index in [-0.39, 0.29) is 18.1 Å². The monoisotopic (exact) mass is 385 g/mol. The molecule has 0 aliphatic carbocycles. The largest absolute Gasteiger partial charge is 0.495 e. The van der Waals surface area contributed by atoms with Gasteiger partial charge in [-0.2, -0.15) is 8.78 Å². The van der Waals surface area contributed by atoms with E-state index in [4.69, 9.17) is 21.1 Å². The molecule has 0 spiro atoms. The van der Waals surface area contributed by atoms with E-state index in [0.29, 0.717) is 28.6 Å². The molecule has 0 atom stereocenters. The summed E-state index contributed by atoms with van der Waals surface area (Å²) in [5, 5.41) is 3.08. The number of benzene rings is 2. The van der Waals surface area contributed by atoms with Crippen molar-refractivity contribution in [3.63, 3.8) is 0 Å². The lowest BCUT2D eigenvalue weighted by Crippen LogP contribution is -2.13. The molecule has 0 heterocycles. The summed E-state index contributed by atoms with van der Waals surface area (Å²) in [6.07, 6.45) is 0.634. The van der Waals surface area contributed by atoms with Crippen LogP contribution in [-0.2, 0) is 11.2 Å². The normalized spacial score (nSPS) is 10.5. The first-order valence-corrected chi connectivity index (χ1v) is 8.06. The van der Waals surface area contributed by atoms with Gasteiger partial charge in [-0.25, -0.2) is 0 Å². The predicted molar refractivity (Wildman–Crippen MR) is 94.6 cm³/mol. The topological polar surface area (TPSA) is 56.8 Å². The van der Waals surface area contributed by atoms with Crippen molar-refractivity contribution in [3.05, 3.63) is 47.0 Å². The number of methoxy groups -OCH3 is 2. The molecule has 140 valence electrons. The number of carbonyl (C=O) groups excluding carboxylic acids is 1. The van der Waals surface area contributed by atoms with Crippen LogP contribution in [0.15, 0.2) is 36.4 Å². The molecule has 2 aromatic rings. The van der Waals surface area contributed by atoms with Gasteiger partial charge in [0, 0.05) is 12.5 Å². The quantitative estimate of drug-likeness (QED) is 0.725. The standard InChI is InChI=1S/C18H18ClF2NO4/c1-24-15-10-16(25-2)14(9-13(15)19)22-17(23)8-5-11-3-6-12(7-4-11)26-18(20)21/h3-4,6-7,9-10,18H,5,8H2,1-2H3,(H,22,23). The first kappa shape index (κ1) is 19.8. The van der Waals surface area contributed by atoms with Crippen LogP contribution < -0.4 is 19.5 Å². The molecular formula is C18H18ClF2NO4.